The molecular weight excluding hydrogens is 620 g/mol. The summed E-state index contributed by atoms with van der Waals surface area (Å²) >= 11 is 0. The number of ether oxygens (including phenoxy) is 3. The zero-order chi connectivity index (χ0) is 33.4. The van der Waals surface area contributed by atoms with E-state index < -0.39 is 97.7 Å². The predicted octanol–water partition coefficient (Wildman–Crippen LogP) is -4.67. The number of amides is 2. The average Bonchev–Trinajstić information content (AvgIpc) is 3.66. The highest BCUT2D eigenvalue weighted by atomic mass is 16.6. The molecule has 3 aromatic rings. The summed E-state index contributed by atoms with van der Waals surface area (Å²) in [7, 11) is 0. The molecular formula is C25H32N8O13. The van der Waals surface area contributed by atoms with Gasteiger partial charge in [0.2, 0.25) is 0 Å². The number of rotatable bonds is 9. The Kier molecular flexibility index (Phi) is 9.46. The van der Waals surface area contributed by atoms with Crippen LogP contribution in [0.5, 0.6) is 0 Å². The van der Waals surface area contributed by atoms with Gasteiger partial charge in [-0.25, -0.2) is 29.3 Å². The Morgan fingerprint density at radius 1 is 1.02 bits per heavy atom. The summed E-state index contributed by atoms with van der Waals surface area (Å²) in [5.74, 6) is -1.28. The van der Waals surface area contributed by atoms with E-state index in [2.05, 4.69) is 30.6 Å². The van der Waals surface area contributed by atoms with Crippen molar-refractivity contribution >= 4 is 29.0 Å². The highest BCUT2D eigenvalue weighted by Crippen LogP contribution is 2.32. The largest absolute Gasteiger partial charge is 0.461 e. The van der Waals surface area contributed by atoms with Gasteiger partial charge < -0.3 is 50.2 Å². The lowest BCUT2D eigenvalue weighted by atomic mass is 10.1. The number of anilines is 1. The number of hydrogen-bond donors (Lipinski definition) is 9. The molecule has 10 atom stereocenters. The summed E-state index contributed by atoms with van der Waals surface area (Å²) in [6.07, 6.45) is -9.09. The van der Waals surface area contributed by atoms with Gasteiger partial charge in [-0.3, -0.25) is 24.2 Å². The smallest absolute Gasteiger partial charge is 0.331 e. The van der Waals surface area contributed by atoms with Crippen LogP contribution in [0.25, 0.3) is 11.2 Å². The summed E-state index contributed by atoms with van der Waals surface area (Å²) in [6, 6.07) is -2.66. The Morgan fingerprint density at radius 2 is 1.67 bits per heavy atom. The maximum absolute atomic E-state index is 12.8. The van der Waals surface area contributed by atoms with Crippen molar-refractivity contribution < 1.29 is 54.4 Å². The maximum atomic E-state index is 12.8. The molecule has 2 saturated heterocycles. The summed E-state index contributed by atoms with van der Waals surface area (Å²) in [4.78, 5) is 63.8. The van der Waals surface area contributed by atoms with E-state index in [1.54, 1.807) is 0 Å². The lowest BCUT2D eigenvalue weighted by Crippen LogP contribution is -2.50. The van der Waals surface area contributed by atoms with Gasteiger partial charge in [-0.2, -0.15) is 0 Å². The molecule has 0 aliphatic carbocycles. The minimum absolute atomic E-state index is 0.0313. The molecule has 0 bridgehead atoms. The number of aliphatic hydroxyl groups is 6. The number of urea groups is 1. The van der Waals surface area contributed by atoms with Crippen LogP contribution in [0, 0.1) is 6.92 Å². The minimum atomic E-state index is -1.64. The Morgan fingerprint density at radius 3 is 2.33 bits per heavy atom. The van der Waals surface area contributed by atoms with Crippen LogP contribution >= 0.6 is 0 Å². The van der Waals surface area contributed by atoms with Crippen molar-refractivity contribution in [2.45, 2.75) is 75.1 Å². The molecule has 2 amide bonds. The molecule has 9 N–H and O–H groups in total. The van der Waals surface area contributed by atoms with E-state index in [1.807, 2.05) is 0 Å². The highest BCUT2D eigenvalue weighted by Gasteiger charge is 2.46. The number of aromatic amines is 1. The topological polar surface area (TPSA) is 306 Å². The second-order valence-corrected chi connectivity index (χ2v) is 10.7. The number of H-pyrrole nitrogens is 1. The number of aromatic nitrogens is 6. The molecule has 0 radical (unpaired) electrons. The fraction of sp³-hybridized carbons (Fsp3) is 0.560. The van der Waals surface area contributed by atoms with Crippen LogP contribution in [0.3, 0.4) is 0 Å². The number of hydrogen-bond acceptors (Lipinski definition) is 16. The third-order valence-electron chi connectivity index (χ3n) is 7.55. The van der Waals surface area contributed by atoms with Crippen molar-refractivity contribution in [1.29, 1.82) is 0 Å². The quantitative estimate of drug-likeness (QED) is 0.0981. The summed E-state index contributed by atoms with van der Waals surface area (Å²) < 4.78 is 18.3. The number of carbonyl (C=O) groups is 2. The molecule has 3 aromatic heterocycles. The third kappa shape index (κ3) is 6.21. The lowest BCUT2D eigenvalue weighted by Gasteiger charge is -2.22. The fourth-order valence-electron chi connectivity index (χ4n) is 5.03. The van der Waals surface area contributed by atoms with Crippen LogP contribution in [0.1, 0.15) is 24.9 Å². The first-order valence-corrected chi connectivity index (χ1v) is 13.9. The van der Waals surface area contributed by atoms with E-state index in [9.17, 15) is 49.8 Å². The molecule has 0 saturated carbocycles. The van der Waals surface area contributed by atoms with Crippen molar-refractivity contribution in [2.24, 2.45) is 0 Å². The number of esters is 1. The Bertz CT molecular complexity index is 1710. The molecule has 2 aliphatic heterocycles. The number of imidazole rings is 1. The summed E-state index contributed by atoms with van der Waals surface area (Å²) in [5, 5.41) is 65.5. The van der Waals surface area contributed by atoms with Crippen molar-refractivity contribution in [3.8, 4) is 0 Å². The van der Waals surface area contributed by atoms with Gasteiger partial charge in [-0.05, 0) is 13.8 Å². The number of nitrogens with zero attached hydrogens (tertiary/aromatic N) is 5. The number of nitrogens with one attached hydrogen (secondary N) is 3. The SMILES string of the molecule is Cc1cn([C@H]2O[C@@H](COC(=O)[C@@H](NC(=O)Nc3ncnc4c3ncn4[C@@H]3O[C@H](CO)[C@@H](O)[C@H]3O)[C@@H](C)O)C(O)C2O)c(=O)[nH]c1=O. The first kappa shape index (κ1) is 33.0. The van der Waals surface area contributed by atoms with Crippen molar-refractivity contribution in [2.75, 3.05) is 18.5 Å². The first-order valence-electron chi connectivity index (χ1n) is 13.9. The van der Waals surface area contributed by atoms with Crippen molar-refractivity contribution in [3.63, 3.8) is 0 Å². The molecule has 2 unspecified atom stereocenters. The van der Waals surface area contributed by atoms with Gasteiger partial charge in [-0.15, -0.1) is 0 Å². The normalized spacial score (nSPS) is 29.0. The van der Waals surface area contributed by atoms with Gasteiger partial charge in [-0.1, -0.05) is 0 Å². The Labute approximate surface area is 257 Å². The van der Waals surface area contributed by atoms with Gasteiger partial charge in [0.25, 0.3) is 5.56 Å². The van der Waals surface area contributed by atoms with E-state index in [-0.39, 0.29) is 22.5 Å². The van der Waals surface area contributed by atoms with Crippen LogP contribution in [0.2, 0.25) is 0 Å². The molecule has 0 aromatic carbocycles. The van der Waals surface area contributed by atoms with Gasteiger partial charge in [0, 0.05) is 11.8 Å². The standard InChI is InChI=1S/C25H32N8O13/c1-8-3-32(25(43)31-20(8)40)21-17(39)15(37)11(46-21)5-44-23(41)12(9(2)35)29-24(42)30-18-13-19(27-6-26-18)33(7-28-13)22-16(38)14(36)10(4-34)45-22/h3,6-7,9-12,14-17,21-22,34-39H,4-5H2,1-2H3,(H,31,40,43)(H2,26,27,29,30,42)/t9-,10-,11+,12+,14-,15?,16-,17?,21+,22-/m1/s1. The number of aryl methyl sites for hydroxylation is 1. The zero-order valence-corrected chi connectivity index (χ0v) is 24.2. The van der Waals surface area contributed by atoms with Crippen molar-refractivity contribution in [1.82, 2.24) is 34.4 Å². The summed E-state index contributed by atoms with van der Waals surface area (Å²) in [5.41, 5.74) is -1.29. The Hall–Kier alpha value is -4.35. The third-order valence-corrected chi connectivity index (χ3v) is 7.55. The van der Waals surface area contributed by atoms with Crippen LogP contribution < -0.4 is 21.9 Å². The predicted molar refractivity (Wildman–Crippen MR) is 149 cm³/mol. The lowest BCUT2D eigenvalue weighted by molar-refractivity contribution is -0.154. The maximum Gasteiger partial charge on any atom is 0.331 e. The number of fused-ring (bicyclic) bond motifs is 1. The van der Waals surface area contributed by atoms with E-state index in [4.69, 9.17) is 14.2 Å². The fourth-order valence-corrected chi connectivity index (χ4v) is 5.03. The molecule has 5 heterocycles. The molecule has 5 rings (SSSR count). The number of aliphatic hydroxyl groups excluding tert-OH is 6. The molecule has 21 nitrogen and oxygen atoms in total. The first-order chi connectivity index (χ1) is 21.8. The van der Waals surface area contributed by atoms with Crippen LogP contribution in [0.4, 0.5) is 10.6 Å². The summed E-state index contributed by atoms with van der Waals surface area (Å²) in [6.45, 7) is 1.41. The van der Waals surface area contributed by atoms with E-state index in [0.717, 1.165) is 17.1 Å². The second kappa shape index (κ2) is 13.2. The molecule has 2 fully saturated rings. The molecule has 46 heavy (non-hydrogen) atoms. The zero-order valence-electron chi connectivity index (χ0n) is 24.2. The molecule has 250 valence electrons. The van der Waals surface area contributed by atoms with E-state index in [1.165, 1.54) is 24.7 Å². The minimum Gasteiger partial charge on any atom is -0.461 e. The average molecular weight is 653 g/mol. The monoisotopic (exact) mass is 652 g/mol. The van der Waals surface area contributed by atoms with Gasteiger partial charge in [0.1, 0.15) is 49.6 Å². The molecule has 2 aliphatic rings. The Balaban J connectivity index is 1.22. The van der Waals surface area contributed by atoms with E-state index in [0.29, 0.717) is 0 Å². The van der Waals surface area contributed by atoms with Crippen molar-refractivity contribution in [3.05, 3.63) is 45.3 Å². The van der Waals surface area contributed by atoms with Gasteiger partial charge in [0.05, 0.1) is 19.0 Å². The van der Waals surface area contributed by atoms with Crippen LogP contribution in [-0.4, -0.2) is 134 Å². The molecule has 21 heteroatoms. The number of carbonyl (C=O) groups excluding carboxylic acids is 2. The van der Waals surface area contributed by atoms with E-state index >= 15 is 0 Å². The van der Waals surface area contributed by atoms with Gasteiger partial charge in [0.15, 0.2) is 35.5 Å². The van der Waals surface area contributed by atoms with Gasteiger partial charge >= 0.3 is 17.7 Å². The molecule has 0 spiro atoms. The van der Waals surface area contributed by atoms with Crippen LogP contribution in [0.15, 0.2) is 28.4 Å². The highest BCUT2D eigenvalue weighted by molar-refractivity contribution is 5.97. The second-order valence-electron chi connectivity index (χ2n) is 10.7. The van der Waals surface area contributed by atoms with Crippen LogP contribution in [-0.2, 0) is 19.0 Å².